The lowest BCUT2D eigenvalue weighted by molar-refractivity contribution is 0.310. The van der Waals surface area contributed by atoms with Crippen LogP contribution in [0.1, 0.15) is 0 Å². The summed E-state index contributed by atoms with van der Waals surface area (Å²) < 4.78 is 6.11. The van der Waals surface area contributed by atoms with Crippen molar-refractivity contribution >= 4 is 21.6 Å². The highest BCUT2D eigenvalue weighted by Crippen LogP contribution is 2.25. The van der Waals surface area contributed by atoms with Gasteiger partial charge >= 0.3 is 0 Å². The van der Waals surface area contributed by atoms with Gasteiger partial charge in [-0.15, -0.1) is 0 Å². The van der Waals surface area contributed by atoms with E-state index in [1.807, 2.05) is 12.1 Å². The first-order valence-electron chi connectivity index (χ1n) is 3.39. The minimum Gasteiger partial charge on any atom is -0.474 e. The van der Waals surface area contributed by atoms with E-state index < -0.39 is 0 Å². The summed E-state index contributed by atoms with van der Waals surface area (Å²) in [4.78, 5) is 4.15. The van der Waals surface area contributed by atoms with Crippen LogP contribution in [-0.2, 0) is 0 Å². The Hall–Kier alpha value is -0.770. The monoisotopic (exact) mass is 214 g/mol. The van der Waals surface area contributed by atoms with Crippen molar-refractivity contribution in [2.24, 2.45) is 0 Å². The zero-order valence-electron chi connectivity index (χ0n) is 5.80. The zero-order chi connectivity index (χ0) is 7.68. The summed E-state index contributed by atoms with van der Waals surface area (Å²) in [5.74, 6) is 0.686. The highest BCUT2D eigenvalue weighted by molar-refractivity contribution is 9.10. The number of fused-ring (bicyclic) bond motifs is 1. The fourth-order valence-corrected chi connectivity index (χ4v) is 1.29. The lowest BCUT2D eigenvalue weighted by atomic mass is 10.4. The second-order valence-electron chi connectivity index (χ2n) is 2.26. The molecule has 0 atom stereocenters. The highest BCUT2D eigenvalue weighted by Gasteiger charge is 2.09. The largest absolute Gasteiger partial charge is 0.474 e. The Morgan fingerprint density at radius 3 is 3.36 bits per heavy atom. The van der Waals surface area contributed by atoms with Crippen molar-refractivity contribution < 1.29 is 4.74 Å². The smallest absolute Gasteiger partial charge is 0.238 e. The van der Waals surface area contributed by atoms with Crippen LogP contribution in [0, 0.1) is 0 Å². The molecule has 0 spiro atoms. The molecule has 2 rings (SSSR count). The van der Waals surface area contributed by atoms with E-state index in [9.17, 15) is 0 Å². The SMILES string of the molecule is Brc1ccc2c(n1)OCCN2. The van der Waals surface area contributed by atoms with Crippen molar-refractivity contribution in [3.05, 3.63) is 16.7 Å². The van der Waals surface area contributed by atoms with Crippen molar-refractivity contribution in [1.82, 2.24) is 4.98 Å². The molecule has 0 saturated carbocycles. The van der Waals surface area contributed by atoms with Crippen LogP contribution >= 0.6 is 15.9 Å². The van der Waals surface area contributed by atoms with E-state index in [-0.39, 0.29) is 0 Å². The van der Waals surface area contributed by atoms with Gasteiger partial charge in [0.2, 0.25) is 5.88 Å². The molecule has 11 heavy (non-hydrogen) atoms. The number of ether oxygens (including phenoxy) is 1. The maximum atomic E-state index is 5.30. The average Bonchev–Trinajstić information content (AvgIpc) is 2.04. The number of nitrogens with zero attached hydrogens (tertiary/aromatic N) is 1. The second-order valence-corrected chi connectivity index (χ2v) is 3.07. The van der Waals surface area contributed by atoms with Crippen LogP contribution in [0.3, 0.4) is 0 Å². The molecular weight excluding hydrogens is 208 g/mol. The Morgan fingerprint density at radius 1 is 1.55 bits per heavy atom. The molecular formula is C7H7BrN2O. The normalized spacial score (nSPS) is 14.6. The minimum absolute atomic E-state index is 0.686. The number of nitrogens with one attached hydrogen (secondary N) is 1. The molecule has 1 N–H and O–H groups in total. The van der Waals surface area contributed by atoms with Crippen LogP contribution in [0.2, 0.25) is 0 Å². The van der Waals surface area contributed by atoms with E-state index in [2.05, 4.69) is 26.2 Å². The van der Waals surface area contributed by atoms with Gasteiger partial charge in [0.15, 0.2) is 0 Å². The molecule has 1 aromatic heterocycles. The summed E-state index contributed by atoms with van der Waals surface area (Å²) >= 11 is 3.27. The Kier molecular flexibility index (Phi) is 1.69. The Morgan fingerprint density at radius 2 is 2.45 bits per heavy atom. The molecule has 0 saturated heterocycles. The Balaban J connectivity index is 2.43. The van der Waals surface area contributed by atoms with Crippen molar-refractivity contribution in [3.63, 3.8) is 0 Å². The first-order chi connectivity index (χ1) is 5.36. The van der Waals surface area contributed by atoms with E-state index in [4.69, 9.17) is 4.74 Å². The predicted octanol–water partition coefficient (Wildman–Crippen LogP) is 1.65. The van der Waals surface area contributed by atoms with Crippen molar-refractivity contribution in [2.75, 3.05) is 18.5 Å². The minimum atomic E-state index is 0.686. The fraction of sp³-hybridized carbons (Fsp3) is 0.286. The third-order valence-corrected chi connectivity index (χ3v) is 1.92. The maximum Gasteiger partial charge on any atom is 0.238 e. The van der Waals surface area contributed by atoms with Crippen LogP contribution < -0.4 is 10.1 Å². The highest BCUT2D eigenvalue weighted by atomic mass is 79.9. The number of aromatic nitrogens is 1. The van der Waals surface area contributed by atoms with E-state index in [1.165, 1.54) is 0 Å². The average molecular weight is 215 g/mol. The number of halogens is 1. The van der Waals surface area contributed by atoms with E-state index >= 15 is 0 Å². The first kappa shape index (κ1) is 6.91. The summed E-state index contributed by atoms with van der Waals surface area (Å²) in [5.41, 5.74) is 0.972. The standard InChI is InChI=1S/C7H7BrN2O/c8-6-2-1-5-7(10-6)11-4-3-9-5/h1-2,9H,3-4H2. The lowest BCUT2D eigenvalue weighted by Crippen LogP contribution is -2.18. The number of hydrogen-bond donors (Lipinski definition) is 1. The van der Waals surface area contributed by atoms with Crippen LogP contribution in [0.25, 0.3) is 0 Å². The second kappa shape index (κ2) is 2.70. The van der Waals surface area contributed by atoms with Crippen LogP contribution in [0.4, 0.5) is 5.69 Å². The molecule has 0 unspecified atom stereocenters. The Bertz CT molecular complexity index is 277. The topological polar surface area (TPSA) is 34.1 Å². The zero-order valence-corrected chi connectivity index (χ0v) is 7.39. The summed E-state index contributed by atoms with van der Waals surface area (Å²) in [5, 5.41) is 3.18. The third-order valence-electron chi connectivity index (χ3n) is 1.48. The summed E-state index contributed by atoms with van der Waals surface area (Å²) in [7, 11) is 0. The van der Waals surface area contributed by atoms with Gasteiger partial charge in [0.05, 0.1) is 5.69 Å². The molecule has 1 aliphatic heterocycles. The summed E-state index contributed by atoms with van der Waals surface area (Å²) in [6, 6.07) is 3.84. The molecule has 0 radical (unpaired) electrons. The van der Waals surface area contributed by atoms with Crippen LogP contribution in [0.15, 0.2) is 16.7 Å². The third kappa shape index (κ3) is 1.30. The molecule has 0 aliphatic carbocycles. The quantitative estimate of drug-likeness (QED) is 0.668. The molecule has 58 valence electrons. The van der Waals surface area contributed by atoms with Gasteiger partial charge < -0.3 is 10.1 Å². The fourth-order valence-electron chi connectivity index (χ4n) is 0.996. The van der Waals surface area contributed by atoms with E-state index in [1.54, 1.807) is 0 Å². The van der Waals surface area contributed by atoms with Gasteiger partial charge in [0.25, 0.3) is 0 Å². The van der Waals surface area contributed by atoms with Gasteiger partial charge in [-0.05, 0) is 28.1 Å². The van der Waals surface area contributed by atoms with Crippen molar-refractivity contribution in [3.8, 4) is 5.88 Å². The molecule has 0 bridgehead atoms. The van der Waals surface area contributed by atoms with Gasteiger partial charge in [0.1, 0.15) is 11.2 Å². The van der Waals surface area contributed by atoms with Gasteiger partial charge in [-0.3, -0.25) is 0 Å². The number of anilines is 1. The van der Waals surface area contributed by atoms with Gasteiger partial charge in [-0.1, -0.05) is 0 Å². The number of hydrogen-bond acceptors (Lipinski definition) is 3. The Labute approximate surface area is 72.9 Å². The van der Waals surface area contributed by atoms with Gasteiger partial charge in [-0.2, -0.15) is 0 Å². The van der Waals surface area contributed by atoms with Crippen molar-refractivity contribution in [2.45, 2.75) is 0 Å². The molecule has 4 heteroatoms. The molecule has 0 aromatic carbocycles. The molecule has 2 heterocycles. The van der Waals surface area contributed by atoms with Crippen molar-refractivity contribution in [1.29, 1.82) is 0 Å². The lowest BCUT2D eigenvalue weighted by Gasteiger charge is -2.17. The van der Waals surface area contributed by atoms with Gasteiger partial charge in [0, 0.05) is 6.54 Å². The number of pyridine rings is 1. The van der Waals surface area contributed by atoms with E-state index in [0.29, 0.717) is 12.5 Å². The molecule has 1 aliphatic rings. The predicted molar refractivity (Wildman–Crippen MR) is 45.9 cm³/mol. The molecule has 0 amide bonds. The first-order valence-corrected chi connectivity index (χ1v) is 4.19. The summed E-state index contributed by atoms with van der Waals surface area (Å²) in [6.45, 7) is 1.55. The number of rotatable bonds is 0. The maximum absolute atomic E-state index is 5.30. The molecule has 3 nitrogen and oxygen atoms in total. The molecule has 1 aromatic rings. The van der Waals surface area contributed by atoms with Crippen LogP contribution in [-0.4, -0.2) is 18.1 Å². The van der Waals surface area contributed by atoms with Gasteiger partial charge in [-0.25, -0.2) is 4.98 Å². The molecule has 0 fully saturated rings. The van der Waals surface area contributed by atoms with Crippen LogP contribution in [0.5, 0.6) is 5.88 Å². The van der Waals surface area contributed by atoms with E-state index in [0.717, 1.165) is 16.8 Å². The summed E-state index contributed by atoms with van der Waals surface area (Å²) in [6.07, 6.45) is 0.